The lowest BCUT2D eigenvalue weighted by molar-refractivity contribution is 0.717. The van der Waals surface area contributed by atoms with Gasteiger partial charge in [-0.05, 0) is 30.3 Å². The molecule has 0 aliphatic carbocycles. The zero-order valence-corrected chi connectivity index (χ0v) is 13.3. The van der Waals surface area contributed by atoms with E-state index in [1.54, 1.807) is 0 Å². The third-order valence-corrected chi connectivity index (χ3v) is 4.03. The molecule has 0 aliphatic heterocycles. The molecule has 0 fully saturated rings. The summed E-state index contributed by atoms with van der Waals surface area (Å²) < 4.78 is 1.02. The standard InChI is InChI=1S/C13H15BrN4OS/c1-2-16-7-8-5-9(14)3-4-10(8)20-13-17-11(15)6-12(19)18-13/h3-6,16H,2,7H2,1H3,(H3,15,17,18,19). The normalized spacial score (nSPS) is 10.7. The van der Waals surface area contributed by atoms with Crippen molar-refractivity contribution in [2.45, 2.75) is 23.5 Å². The Balaban J connectivity index is 2.29. The zero-order valence-electron chi connectivity index (χ0n) is 10.9. The topological polar surface area (TPSA) is 83.8 Å². The Bertz CT molecular complexity index is 659. The molecule has 7 heteroatoms. The highest BCUT2D eigenvalue weighted by Gasteiger charge is 2.07. The Morgan fingerprint density at radius 1 is 1.45 bits per heavy atom. The van der Waals surface area contributed by atoms with E-state index in [-0.39, 0.29) is 11.4 Å². The van der Waals surface area contributed by atoms with Crippen molar-refractivity contribution in [3.63, 3.8) is 0 Å². The van der Waals surface area contributed by atoms with Crippen LogP contribution < -0.4 is 16.6 Å². The number of nitrogens with two attached hydrogens (primary N) is 1. The van der Waals surface area contributed by atoms with Gasteiger partial charge in [-0.15, -0.1) is 0 Å². The second-order valence-electron chi connectivity index (χ2n) is 4.11. The van der Waals surface area contributed by atoms with Gasteiger partial charge in [-0.25, -0.2) is 4.98 Å². The minimum atomic E-state index is -0.245. The van der Waals surface area contributed by atoms with Crippen LogP contribution in [0.3, 0.4) is 0 Å². The first-order valence-electron chi connectivity index (χ1n) is 6.12. The lowest BCUT2D eigenvalue weighted by Gasteiger charge is -2.10. The molecule has 1 aromatic carbocycles. The van der Waals surface area contributed by atoms with Gasteiger partial charge in [0.25, 0.3) is 5.56 Å². The van der Waals surface area contributed by atoms with E-state index in [0.29, 0.717) is 5.16 Å². The number of nitrogen functional groups attached to an aromatic ring is 1. The SMILES string of the molecule is CCNCc1cc(Br)ccc1Sc1nc(N)cc(=O)[nH]1. The van der Waals surface area contributed by atoms with Crippen LogP contribution in [-0.4, -0.2) is 16.5 Å². The molecule has 1 aromatic heterocycles. The van der Waals surface area contributed by atoms with Crippen LogP contribution in [-0.2, 0) is 6.54 Å². The van der Waals surface area contributed by atoms with E-state index in [0.717, 1.165) is 28.0 Å². The van der Waals surface area contributed by atoms with Crippen LogP contribution in [0, 0.1) is 0 Å². The second-order valence-corrected chi connectivity index (χ2v) is 6.06. The second kappa shape index (κ2) is 6.92. The fraction of sp³-hybridized carbons (Fsp3) is 0.231. The number of rotatable bonds is 5. The Hall–Kier alpha value is -1.31. The summed E-state index contributed by atoms with van der Waals surface area (Å²) >= 11 is 4.86. The number of hydrogen-bond donors (Lipinski definition) is 3. The summed E-state index contributed by atoms with van der Waals surface area (Å²) in [6.45, 7) is 3.70. The van der Waals surface area contributed by atoms with E-state index in [2.05, 4.69) is 44.2 Å². The molecule has 0 bridgehead atoms. The maximum atomic E-state index is 11.4. The van der Waals surface area contributed by atoms with Gasteiger partial charge in [0.05, 0.1) is 0 Å². The van der Waals surface area contributed by atoms with Gasteiger partial charge in [0.15, 0.2) is 5.16 Å². The van der Waals surface area contributed by atoms with Crippen molar-refractivity contribution in [2.24, 2.45) is 0 Å². The molecule has 0 saturated heterocycles. The van der Waals surface area contributed by atoms with E-state index >= 15 is 0 Å². The Kier molecular flexibility index (Phi) is 5.22. The van der Waals surface area contributed by atoms with Crippen molar-refractivity contribution in [2.75, 3.05) is 12.3 Å². The van der Waals surface area contributed by atoms with Gasteiger partial charge >= 0.3 is 0 Å². The number of halogens is 1. The number of H-pyrrole nitrogens is 1. The zero-order chi connectivity index (χ0) is 14.5. The van der Waals surface area contributed by atoms with Crippen LogP contribution in [0.2, 0.25) is 0 Å². The molecule has 0 saturated carbocycles. The van der Waals surface area contributed by atoms with Gasteiger partial charge in [-0.2, -0.15) is 0 Å². The number of aromatic amines is 1. The highest BCUT2D eigenvalue weighted by molar-refractivity contribution is 9.10. The largest absolute Gasteiger partial charge is 0.383 e. The summed E-state index contributed by atoms with van der Waals surface area (Å²) in [7, 11) is 0. The molecule has 1 heterocycles. The Labute approximate surface area is 129 Å². The maximum absolute atomic E-state index is 11.4. The van der Waals surface area contributed by atoms with Gasteiger partial charge in [-0.1, -0.05) is 34.6 Å². The van der Waals surface area contributed by atoms with E-state index < -0.39 is 0 Å². The van der Waals surface area contributed by atoms with Crippen molar-refractivity contribution in [1.82, 2.24) is 15.3 Å². The molecular weight excluding hydrogens is 340 g/mol. The van der Waals surface area contributed by atoms with Crippen LogP contribution in [0.15, 0.2) is 43.6 Å². The lowest BCUT2D eigenvalue weighted by atomic mass is 10.2. The van der Waals surface area contributed by atoms with E-state index in [1.807, 2.05) is 12.1 Å². The Morgan fingerprint density at radius 3 is 2.95 bits per heavy atom. The molecule has 0 radical (unpaired) electrons. The predicted octanol–water partition coefficient (Wildman–Crippen LogP) is 2.38. The monoisotopic (exact) mass is 354 g/mol. The summed E-state index contributed by atoms with van der Waals surface area (Å²) in [5.41, 5.74) is 6.48. The summed E-state index contributed by atoms with van der Waals surface area (Å²) in [5.74, 6) is 0.224. The van der Waals surface area contributed by atoms with Gasteiger partial charge < -0.3 is 16.0 Å². The summed E-state index contributed by atoms with van der Waals surface area (Å²) in [6, 6.07) is 7.27. The molecule has 0 aliphatic rings. The number of anilines is 1. The summed E-state index contributed by atoms with van der Waals surface area (Å²) in [5, 5.41) is 3.78. The molecule has 106 valence electrons. The van der Waals surface area contributed by atoms with Crippen LogP contribution >= 0.6 is 27.7 Å². The lowest BCUT2D eigenvalue weighted by Crippen LogP contribution is -2.13. The number of hydrogen-bond acceptors (Lipinski definition) is 5. The van der Waals surface area contributed by atoms with Gasteiger partial charge in [0.1, 0.15) is 5.82 Å². The van der Waals surface area contributed by atoms with Crippen molar-refractivity contribution >= 4 is 33.5 Å². The molecule has 4 N–H and O–H groups in total. The smallest absolute Gasteiger partial charge is 0.253 e. The first-order valence-corrected chi connectivity index (χ1v) is 7.73. The van der Waals surface area contributed by atoms with E-state index in [1.165, 1.54) is 17.8 Å². The van der Waals surface area contributed by atoms with Crippen LogP contribution in [0.1, 0.15) is 12.5 Å². The molecule has 0 unspecified atom stereocenters. The first-order chi connectivity index (χ1) is 9.58. The minimum Gasteiger partial charge on any atom is -0.383 e. The fourth-order valence-electron chi connectivity index (χ4n) is 1.65. The number of nitrogens with zero attached hydrogens (tertiary/aromatic N) is 1. The van der Waals surface area contributed by atoms with Crippen LogP contribution in [0.5, 0.6) is 0 Å². The van der Waals surface area contributed by atoms with Crippen LogP contribution in [0.4, 0.5) is 5.82 Å². The van der Waals surface area contributed by atoms with Crippen molar-refractivity contribution < 1.29 is 0 Å². The highest BCUT2D eigenvalue weighted by Crippen LogP contribution is 2.29. The quantitative estimate of drug-likeness (QED) is 0.718. The number of aromatic nitrogens is 2. The fourth-order valence-corrected chi connectivity index (χ4v) is 2.97. The molecule has 0 amide bonds. The minimum absolute atomic E-state index is 0.224. The van der Waals surface area contributed by atoms with Crippen molar-refractivity contribution in [3.05, 3.63) is 44.7 Å². The van der Waals surface area contributed by atoms with Crippen molar-refractivity contribution in [1.29, 1.82) is 0 Å². The number of nitrogens with one attached hydrogen (secondary N) is 2. The van der Waals surface area contributed by atoms with Crippen LogP contribution in [0.25, 0.3) is 0 Å². The average Bonchev–Trinajstić information content (AvgIpc) is 2.38. The molecule has 5 nitrogen and oxygen atoms in total. The predicted molar refractivity (Wildman–Crippen MR) is 84.9 cm³/mol. The number of benzene rings is 1. The first kappa shape index (κ1) is 15.1. The average molecular weight is 355 g/mol. The van der Waals surface area contributed by atoms with Crippen molar-refractivity contribution in [3.8, 4) is 0 Å². The van der Waals surface area contributed by atoms with E-state index in [9.17, 15) is 4.79 Å². The molecule has 0 atom stereocenters. The Morgan fingerprint density at radius 2 is 2.25 bits per heavy atom. The maximum Gasteiger partial charge on any atom is 0.253 e. The summed E-state index contributed by atoms with van der Waals surface area (Å²) in [4.78, 5) is 19.2. The summed E-state index contributed by atoms with van der Waals surface area (Å²) in [6.07, 6.45) is 0. The van der Waals surface area contributed by atoms with E-state index in [4.69, 9.17) is 5.73 Å². The van der Waals surface area contributed by atoms with Gasteiger partial charge in [0, 0.05) is 22.0 Å². The van der Waals surface area contributed by atoms with Gasteiger partial charge in [-0.3, -0.25) is 4.79 Å². The molecule has 2 aromatic rings. The molecular formula is C13H15BrN4OS. The van der Waals surface area contributed by atoms with Gasteiger partial charge in [0.2, 0.25) is 0 Å². The molecule has 2 rings (SSSR count). The molecule has 0 spiro atoms. The third kappa shape index (κ3) is 4.09. The highest BCUT2D eigenvalue weighted by atomic mass is 79.9. The third-order valence-electron chi connectivity index (χ3n) is 2.53. The molecule has 20 heavy (non-hydrogen) atoms.